The molecule has 0 fully saturated rings. The van der Waals surface area contributed by atoms with Crippen molar-refractivity contribution in [3.8, 4) is 0 Å². The second-order valence-corrected chi connectivity index (χ2v) is 7.85. The van der Waals surface area contributed by atoms with Gasteiger partial charge in [-0.3, -0.25) is 14.5 Å². The number of imide groups is 1. The molecule has 0 saturated heterocycles. The summed E-state index contributed by atoms with van der Waals surface area (Å²) >= 11 is 0. The van der Waals surface area contributed by atoms with Crippen LogP contribution in [0, 0.1) is 13.8 Å². The first kappa shape index (κ1) is 18.4. The van der Waals surface area contributed by atoms with Crippen LogP contribution in [-0.4, -0.2) is 23.3 Å². The monoisotopic (exact) mass is 398 g/mol. The fourth-order valence-electron chi connectivity index (χ4n) is 4.42. The van der Waals surface area contributed by atoms with Crippen LogP contribution < -0.4 is 4.90 Å². The number of rotatable bonds is 4. The highest BCUT2D eigenvalue weighted by Crippen LogP contribution is 2.39. The highest BCUT2D eigenvalue weighted by Gasteiger charge is 2.43. The van der Waals surface area contributed by atoms with Gasteiger partial charge in [-0.2, -0.15) is 0 Å². The third-order valence-corrected chi connectivity index (χ3v) is 5.85. The summed E-state index contributed by atoms with van der Waals surface area (Å²) in [6.07, 6.45) is 2.40. The van der Waals surface area contributed by atoms with E-state index >= 15 is 0 Å². The van der Waals surface area contributed by atoms with Crippen LogP contribution in [-0.2, 0) is 22.6 Å². The van der Waals surface area contributed by atoms with Gasteiger partial charge in [0.05, 0.1) is 18.4 Å². The second-order valence-electron chi connectivity index (χ2n) is 7.85. The summed E-state index contributed by atoms with van der Waals surface area (Å²) in [5.41, 5.74) is 6.03. The molecule has 2 aromatic carbocycles. The quantitative estimate of drug-likeness (QED) is 0.617. The Hall–Kier alpha value is -3.60. The molecule has 0 spiro atoms. The zero-order chi connectivity index (χ0) is 20.8. The third kappa shape index (κ3) is 2.86. The van der Waals surface area contributed by atoms with Gasteiger partial charge < -0.3 is 9.32 Å². The molecule has 0 bridgehead atoms. The Morgan fingerprint density at radius 1 is 0.967 bits per heavy atom. The van der Waals surface area contributed by atoms with Crippen LogP contribution in [0.4, 0.5) is 5.69 Å². The maximum absolute atomic E-state index is 13.6. The van der Waals surface area contributed by atoms with E-state index in [0.717, 1.165) is 28.8 Å². The summed E-state index contributed by atoms with van der Waals surface area (Å²) in [4.78, 5) is 30.4. The topological polar surface area (TPSA) is 53.8 Å². The van der Waals surface area contributed by atoms with E-state index in [1.807, 2.05) is 55.1 Å². The molecule has 2 aliphatic rings. The van der Waals surface area contributed by atoms with Gasteiger partial charge in [-0.25, -0.2) is 0 Å². The smallest absolute Gasteiger partial charge is 0.278 e. The summed E-state index contributed by atoms with van der Waals surface area (Å²) < 4.78 is 5.41. The summed E-state index contributed by atoms with van der Waals surface area (Å²) in [6, 6.07) is 17.6. The highest BCUT2D eigenvalue weighted by atomic mass is 16.3. The Morgan fingerprint density at radius 3 is 2.57 bits per heavy atom. The summed E-state index contributed by atoms with van der Waals surface area (Å²) in [5.74, 6) is 0.0329. The zero-order valence-corrected chi connectivity index (χ0v) is 17.0. The number of hydrogen-bond acceptors (Lipinski definition) is 4. The lowest BCUT2D eigenvalue weighted by molar-refractivity contribution is -0.137. The molecular weight excluding hydrogens is 376 g/mol. The fraction of sp³-hybridized carbons (Fsp3) is 0.200. The summed E-state index contributed by atoms with van der Waals surface area (Å²) in [7, 11) is 0. The first-order valence-corrected chi connectivity index (χ1v) is 10.1. The first-order chi connectivity index (χ1) is 14.5. The minimum absolute atomic E-state index is 0.123. The first-order valence-electron chi connectivity index (χ1n) is 10.1. The van der Waals surface area contributed by atoms with E-state index in [9.17, 15) is 9.59 Å². The van der Waals surface area contributed by atoms with Crippen LogP contribution in [0.2, 0.25) is 0 Å². The van der Waals surface area contributed by atoms with Gasteiger partial charge in [0.2, 0.25) is 0 Å². The predicted octanol–water partition coefficient (Wildman–Crippen LogP) is 4.24. The minimum atomic E-state index is -0.275. The summed E-state index contributed by atoms with van der Waals surface area (Å²) in [6.45, 7) is 4.81. The van der Waals surface area contributed by atoms with Crippen molar-refractivity contribution in [1.29, 1.82) is 0 Å². The Labute approximate surface area is 175 Å². The van der Waals surface area contributed by atoms with Crippen molar-refractivity contribution >= 4 is 23.1 Å². The van der Waals surface area contributed by atoms with Crippen LogP contribution in [0.3, 0.4) is 0 Å². The molecule has 150 valence electrons. The average Bonchev–Trinajstić information content (AvgIpc) is 3.44. The van der Waals surface area contributed by atoms with Crippen LogP contribution in [0.25, 0.3) is 5.57 Å². The molecule has 5 rings (SSSR count). The van der Waals surface area contributed by atoms with Gasteiger partial charge >= 0.3 is 0 Å². The van der Waals surface area contributed by atoms with Gasteiger partial charge in [0.1, 0.15) is 11.5 Å². The molecule has 2 aliphatic heterocycles. The van der Waals surface area contributed by atoms with Crippen LogP contribution in [0.1, 0.15) is 28.0 Å². The number of anilines is 1. The Kier molecular flexibility index (Phi) is 4.31. The molecule has 0 radical (unpaired) electrons. The molecule has 3 heterocycles. The maximum atomic E-state index is 13.6. The Balaban J connectivity index is 1.66. The maximum Gasteiger partial charge on any atom is 0.278 e. The number of furan rings is 1. The second kappa shape index (κ2) is 7.02. The van der Waals surface area contributed by atoms with Gasteiger partial charge in [-0.1, -0.05) is 42.0 Å². The number of nitrogens with zero attached hydrogens (tertiary/aromatic N) is 2. The number of amides is 2. The van der Waals surface area contributed by atoms with Gasteiger partial charge in [0, 0.05) is 12.2 Å². The van der Waals surface area contributed by atoms with Crippen molar-refractivity contribution in [2.24, 2.45) is 0 Å². The number of carbonyl (C=O) groups is 2. The third-order valence-electron chi connectivity index (χ3n) is 5.85. The van der Waals surface area contributed by atoms with Gasteiger partial charge in [0.15, 0.2) is 0 Å². The number of aryl methyl sites for hydroxylation is 2. The highest BCUT2D eigenvalue weighted by molar-refractivity contribution is 6.37. The average molecular weight is 398 g/mol. The SMILES string of the molecule is Cc1ccc(C2=C(N3CCc4ccccc43)C(=O)N(Cc3ccco3)C2=O)c(C)c1. The van der Waals surface area contributed by atoms with E-state index in [2.05, 4.69) is 6.07 Å². The molecule has 0 aliphatic carbocycles. The largest absolute Gasteiger partial charge is 0.467 e. The molecule has 5 heteroatoms. The van der Waals surface area contributed by atoms with Crippen molar-refractivity contribution in [2.75, 3.05) is 11.4 Å². The normalized spacial score (nSPS) is 16.1. The summed E-state index contributed by atoms with van der Waals surface area (Å²) in [5, 5.41) is 0. The molecule has 0 saturated carbocycles. The lowest BCUT2D eigenvalue weighted by Crippen LogP contribution is -2.34. The fourth-order valence-corrected chi connectivity index (χ4v) is 4.42. The van der Waals surface area contributed by atoms with Crippen LogP contribution >= 0.6 is 0 Å². The van der Waals surface area contributed by atoms with Crippen molar-refractivity contribution in [2.45, 2.75) is 26.8 Å². The lowest BCUT2D eigenvalue weighted by Gasteiger charge is -2.21. The van der Waals surface area contributed by atoms with E-state index in [1.54, 1.807) is 18.4 Å². The Bertz CT molecular complexity index is 1190. The number of carbonyl (C=O) groups excluding carboxylic acids is 2. The number of para-hydroxylation sites is 1. The predicted molar refractivity (Wildman–Crippen MR) is 115 cm³/mol. The van der Waals surface area contributed by atoms with Gasteiger partial charge in [0.25, 0.3) is 11.8 Å². The lowest BCUT2D eigenvalue weighted by atomic mass is 9.97. The number of benzene rings is 2. The van der Waals surface area contributed by atoms with Gasteiger partial charge in [-0.15, -0.1) is 0 Å². The molecule has 30 heavy (non-hydrogen) atoms. The van der Waals surface area contributed by atoms with Gasteiger partial charge in [-0.05, 0) is 55.2 Å². The Morgan fingerprint density at radius 2 is 1.80 bits per heavy atom. The van der Waals surface area contributed by atoms with Crippen molar-refractivity contribution < 1.29 is 14.0 Å². The number of fused-ring (bicyclic) bond motifs is 1. The van der Waals surface area contributed by atoms with E-state index in [1.165, 1.54) is 10.5 Å². The van der Waals surface area contributed by atoms with Crippen LogP contribution in [0.5, 0.6) is 0 Å². The van der Waals surface area contributed by atoms with Crippen LogP contribution in [0.15, 0.2) is 71.0 Å². The van der Waals surface area contributed by atoms with E-state index < -0.39 is 0 Å². The van der Waals surface area contributed by atoms with Crippen molar-refractivity contribution in [3.63, 3.8) is 0 Å². The molecule has 0 N–H and O–H groups in total. The van der Waals surface area contributed by atoms with Crippen molar-refractivity contribution in [1.82, 2.24) is 4.90 Å². The van der Waals surface area contributed by atoms with Crippen molar-refractivity contribution in [3.05, 3.63) is 94.6 Å². The molecule has 1 aromatic heterocycles. The zero-order valence-electron chi connectivity index (χ0n) is 17.0. The van der Waals surface area contributed by atoms with E-state index in [0.29, 0.717) is 23.6 Å². The minimum Gasteiger partial charge on any atom is -0.467 e. The van der Waals surface area contributed by atoms with E-state index in [-0.39, 0.29) is 18.4 Å². The number of hydrogen-bond donors (Lipinski definition) is 0. The molecule has 0 unspecified atom stereocenters. The molecule has 2 amide bonds. The molecule has 5 nitrogen and oxygen atoms in total. The van der Waals surface area contributed by atoms with E-state index in [4.69, 9.17) is 4.42 Å². The molecule has 3 aromatic rings. The standard InChI is InChI=1S/C25H22N2O3/c1-16-9-10-20(17(2)14-16)22-23(26-12-11-18-6-3-4-8-21(18)26)25(29)27(24(22)28)15-19-7-5-13-30-19/h3-10,13-14H,11-12,15H2,1-2H3. The molecular formula is C25H22N2O3. The molecule has 0 atom stereocenters.